The number of carbonyl (C=O) groups is 1. The summed E-state index contributed by atoms with van der Waals surface area (Å²) < 4.78 is 0. The lowest BCUT2D eigenvalue weighted by atomic mass is 9.97. The molecule has 1 amide bonds. The second kappa shape index (κ2) is 8.11. The number of thiocarbonyl (C=S) groups is 1. The van der Waals surface area contributed by atoms with E-state index in [-0.39, 0.29) is 5.91 Å². The molecule has 3 rings (SSSR count). The van der Waals surface area contributed by atoms with Gasteiger partial charge in [-0.3, -0.25) is 10.1 Å². The molecular formula is C22H22N2OS. The molecule has 26 heavy (non-hydrogen) atoms. The van der Waals surface area contributed by atoms with Gasteiger partial charge in [-0.2, -0.15) is 0 Å². The molecule has 0 unspecified atom stereocenters. The standard InChI is InChI=1S/C22H22N2OS/c1-3-15(2)19-10-6-7-11-20(19)23-22(26)24-21(25)18-13-12-16-8-4-5-9-17(16)14-18/h4-15H,3H2,1-2H3,(H2,23,24,25,26)/t15-/m0/s1. The molecule has 2 N–H and O–H groups in total. The van der Waals surface area contributed by atoms with Gasteiger partial charge in [0.15, 0.2) is 5.11 Å². The minimum absolute atomic E-state index is 0.214. The van der Waals surface area contributed by atoms with E-state index in [4.69, 9.17) is 12.2 Å². The van der Waals surface area contributed by atoms with Gasteiger partial charge in [0.05, 0.1) is 0 Å². The highest BCUT2D eigenvalue weighted by molar-refractivity contribution is 7.80. The Bertz CT molecular complexity index is 952. The van der Waals surface area contributed by atoms with Gasteiger partial charge in [0.1, 0.15) is 0 Å². The monoisotopic (exact) mass is 362 g/mol. The van der Waals surface area contributed by atoms with Crippen LogP contribution in [0, 0.1) is 0 Å². The Kier molecular flexibility index (Phi) is 5.64. The molecule has 0 heterocycles. The van der Waals surface area contributed by atoms with Crippen molar-refractivity contribution in [3.8, 4) is 0 Å². The topological polar surface area (TPSA) is 41.1 Å². The molecule has 0 bridgehead atoms. The quantitative estimate of drug-likeness (QED) is 0.604. The van der Waals surface area contributed by atoms with Crippen LogP contribution in [0.3, 0.4) is 0 Å². The summed E-state index contributed by atoms with van der Waals surface area (Å²) in [4.78, 5) is 12.5. The lowest BCUT2D eigenvalue weighted by Crippen LogP contribution is -2.34. The summed E-state index contributed by atoms with van der Waals surface area (Å²) in [6, 6.07) is 21.6. The van der Waals surface area contributed by atoms with Crippen molar-refractivity contribution in [2.75, 3.05) is 5.32 Å². The van der Waals surface area contributed by atoms with Crippen LogP contribution in [-0.2, 0) is 0 Å². The van der Waals surface area contributed by atoms with Crippen LogP contribution < -0.4 is 10.6 Å². The predicted octanol–water partition coefficient (Wildman–Crippen LogP) is 5.48. The number of anilines is 1. The first-order valence-corrected chi connectivity index (χ1v) is 9.19. The minimum Gasteiger partial charge on any atom is -0.332 e. The summed E-state index contributed by atoms with van der Waals surface area (Å²) >= 11 is 5.35. The molecule has 0 radical (unpaired) electrons. The Morgan fingerprint density at radius 2 is 1.69 bits per heavy atom. The van der Waals surface area contributed by atoms with E-state index >= 15 is 0 Å². The fourth-order valence-electron chi connectivity index (χ4n) is 2.92. The Morgan fingerprint density at radius 3 is 2.46 bits per heavy atom. The van der Waals surface area contributed by atoms with E-state index in [1.807, 2.05) is 60.7 Å². The van der Waals surface area contributed by atoms with Crippen molar-refractivity contribution < 1.29 is 4.79 Å². The zero-order valence-corrected chi connectivity index (χ0v) is 15.8. The normalized spacial score (nSPS) is 11.8. The molecule has 0 saturated carbocycles. The Labute approximate surface area is 159 Å². The molecule has 3 nitrogen and oxygen atoms in total. The first-order chi connectivity index (χ1) is 12.6. The van der Waals surface area contributed by atoms with Gasteiger partial charge in [-0.1, -0.05) is 62.4 Å². The maximum atomic E-state index is 12.5. The van der Waals surface area contributed by atoms with Crippen LogP contribution >= 0.6 is 12.2 Å². The number of benzene rings is 3. The SMILES string of the molecule is CC[C@H](C)c1ccccc1NC(=S)NC(=O)c1ccc2ccccc2c1. The molecule has 0 fully saturated rings. The molecule has 0 saturated heterocycles. The second-order valence-electron chi connectivity index (χ2n) is 6.37. The fourth-order valence-corrected chi connectivity index (χ4v) is 3.12. The van der Waals surface area contributed by atoms with Crippen molar-refractivity contribution in [1.29, 1.82) is 0 Å². The number of para-hydroxylation sites is 1. The molecule has 4 heteroatoms. The van der Waals surface area contributed by atoms with Gasteiger partial charge >= 0.3 is 0 Å². The van der Waals surface area contributed by atoms with Crippen molar-refractivity contribution in [3.63, 3.8) is 0 Å². The van der Waals surface area contributed by atoms with Gasteiger partial charge in [0.2, 0.25) is 0 Å². The number of rotatable bonds is 4. The molecule has 0 aromatic heterocycles. The zero-order chi connectivity index (χ0) is 18.5. The van der Waals surface area contributed by atoms with Crippen molar-refractivity contribution in [2.24, 2.45) is 0 Å². The van der Waals surface area contributed by atoms with Gasteiger partial charge in [-0.25, -0.2) is 0 Å². The lowest BCUT2D eigenvalue weighted by Gasteiger charge is -2.17. The lowest BCUT2D eigenvalue weighted by molar-refractivity contribution is 0.0978. The summed E-state index contributed by atoms with van der Waals surface area (Å²) in [5, 5.41) is 8.38. The second-order valence-corrected chi connectivity index (χ2v) is 6.77. The van der Waals surface area contributed by atoms with Gasteiger partial charge in [-0.05, 0) is 59.1 Å². The highest BCUT2D eigenvalue weighted by Crippen LogP contribution is 2.26. The first-order valence-electron chi connectivity index (χ1n) is 8.78. The molecule has 0 aliphatic rings. The van der Waals surface area contributed by atoms with Gasteiger partial charge in [-0.15, -0.1) is 0 Å². The van der Waals surface area contributed by atoms with E-state index < -0.39 is 0 Å². The molecule has 0 spiro atoms. The van der Waals surface area contributed by atoms with E-state index in [0.717, 1.165) is 22.9 Å². The Morgan fingerprint density at radius 1 is 1.00 bits per heavy atom. The van der Waals surface area contributed by atoms with Gasteiger partial charge in [0.25, 0.3) is 5.91 Å². The maximum absolute atomic E-state index is 12.5. The number of hydrogen-bond acceptors (Lipinski definition) is 2. The molecule has 132 valence electrons. The summed E-state index contributed by atoms with van der Waals surface area (Å²) in [5.41, 5.74) is 2.71. The average molecular weight is 362 g/mol. The number of nitrogens with one attached hydrogen (secondary N) is 2. The first kappa shape index (κ1) is 18.1. The average Bonchev–Trinajstić information content (AvgIpc) is 2.67. The molecule has 1 atom stereocenters. The Balaban J connectivity index is 1.72. The van der Waals surface area contributed by atoms with E-state index in [0.29, 0.717) is 16.6 Å². The van der Waals surface area contributed by atoms with E-state index in [1.165, 1.54) is 5.56 Å². The third kappa shape index (κ3) is 4.09. The van der Waals surface area contributed by atoms with Crippen LogP contribution in [0.2, 0.25) is 0 Å². The summed E-state index contributed by atoms with van der Waals surface area (Å²) in [5.74, 6) is 0.201. The van der Waals surface area contributed by atoms with Crippen LogP contribution in [0.5, 0.6) is 0 Å². The van der Waals surface area contributed by atoms with Gasteiger partial charge in [0, 0.05) is 11.3 Å². The summed E-state index contributed by atoms with van der Waals surface area (Å²) in [6.07, 6.45) is 1.04. The van der Waals surface area contributed by atoms with Crippen LogP contribution in [0.25, 0.3) is 10.8 Å². The van der Waals surface area contributed by atoms with Crippen LogP contribution in [0.4, 0.5) is 5.69 Å². The predicted molar refractivity (Wildman–Crippen MR) is 113 cm³/mol. The van der Waals surface area contributed by atoms with Crippen LogP contribution in [0.15, 0.2) is 66.7 Å². The highest BCUT2D eigenvalue weighted by atomic mass is 32.1. The number of fused-ring (bicyclic) bond motifs is 1. The maximum Gasteiger partial charge on any atom is 0.257 e. The molecular weight excluding hydrogens is 340 g/mol. The Hall–Kier alpha value is -2.72. The summed E-state index contributed by atoms with van der Waals surface area (Å²) in [6.45, 7) is 4.33. The van der Waals surface area contributed by atoms with E-state index in [1.54, 1.807) is 0 Å². The van der Waals surface area contributed by atoms with E-state index in [2.05, 4.69) is 30.5 Å². The number of hydrogen-bond donors (Lipinski definition) is 2. The van der Waals surface area contributed by atoms with Crippen LogP contribution in [0.1, 0.15) is 42.1 Å². The minimum atomic E-state index is -0.214. The highest BCUT2D eigenvalue weighted by Gasteiger charge is 2.12. The largest absolute Gasteiger partial charge is 0.332 e. The van der Waals surface area contributed by atoms with Crippen molar-refractivity contribution in [1.82, 2.24) is 5.32 Å². The zero-order valence-electron chi connectivity index (χ0n) is 15.0. The molecule has 3 aromatic carbocycles. The number of carbonyl (C=O) groups excluding carboxylic acids is 1. The van der Waals surface area contributed by atoms with Crippen molar-refractivity contribution >= 4 is 39.7 Å². The number of amides is 1. The third-order valence-corrected chi connectivity index (χ3v) is 4.80. The van der Waals surface area contributed by atoms with Crippen molar-refractivity contribution in [2.45, 2.75) is 26.2 Å². The van der Waals surface area contributed by atoms with E-state index in [9.17, 15) is 4.79 Å². The van der Waals surface area contributed by atoms with Crippen molar-refractivity contribution in [3.05, 3.63) is 77.9 Å². The van der Waals surface area contributed by atoms with Gasteiger partial charge < -0.3 is 5.32 Å². The third-order valence-electron chi connectivity index (χ3n) is 4.59. The smallest absolute Gasteiger partial charge is 0.257 e. The molecule has 0 aliphatic heterocycles. The molecule has 0 aliphatic carbocycles. The fraction of sp³-hybridized carbons (Fsp3) is 0.182. The summed E-state index contributed by atoms with van der Waals surface area (Å²) in [7, 11) is 0. The molecule has 3 aromatic rings. The van der Waals surface area contributed by atoms with Crippen LogP contribution in [-0.4, -0.2) is 11.0 Å².